The maximum absolute atomic E-state index is 11.1. The summed E-state index contributed by atoms with van der Waals surface area (Å²) in [6, 6.07) is 0. The second-order valence-corrected chi connectivity index (χ2v) is 3.72. The highest BCUT2D eigenvalue weighted by Crippen LogP contribution is 2.03. The Kier molecular flexibility index (Phi) is 6.68. The number of carbonyl (C=O) groups excluding carboxylic acids is 2. The molecule has 4 heteroatoms. The molecule has 76 valence electrons. The number of thiol groups is 1. The minimum absolute atomic E-state index is 0.125. The van der Waals surface area contributed by atoms with E-state index in [9.17, 15) is 9.59 Å². The lowest BCUT2D eigenvalue weighted by molar-refractivity contribution is -0.122. The highest BCUT2D eigenvalue weighted by atomic mass is 32.1. The fraction of sp³-hybridized carbons (Fsp3) is 0.778. The van der Waals surface area contributed by atoms with Gasteiger partial charge in [-0.05, 0) is 12.8 Å². The topological polar surface area (TPSA) is 46.2 Å². The Labute approximate surface area is 84.7 Å². The van der Waals surface area contributed by atoms with Gasteiger partial charge in [-0.2, -0.15) is 0 Å². The third-order valence-corrected chi connectivity index (χ3v) is 1.93. The first-order chi connectivity index (χ1) is 6.04. The standard InChI is InChI=1S/C9H17NO2S/c1-7(2)8(11)5-3-4-6-10-9(12)13/h7H,3-6H2,1-2H3,(H2,10,12,13). The number of ketones is 1. The molecule has 0 aromatic heterocycles. The molecule has 0 radical (unpaired) electrons. The van der Waals surface area contributed by atoms with Gasteiger partial charge in [-0.3, -0.25) is 9.59 Å². The SMILES string of the molecule is CC(C)C(=O)CCCCNC(=O)S. The number of rotatable bonds is 6. The van der Waals surface area contributed by atoms with Crippen LogP contribution < -0.4 is 5.32 Å². The van der Waals surface area contributed by atoms with E-state index >= 15 is 0 Å². The molecule has 0 aliphatic heterocycles. The van der Waals surface area contributed by atoms with Gasteiger partial charge < -0.3 is 5.32 Å². The molecule has 13 heavy (non-hydrogen) atoms. The van der Waals surface area contributed by atoms with E-state index < -0.39 is 0 Å². The summed E-state index contributed by atoms with van der Waals surface area (Å²) in [4.78, 5) is 21.5. The number of Topliss-reactive ketones (excluding diaryl/α,β-unsaturated/α-hetero) is 1. The van der Waals surface area contributed by atoms with Crippen LogP contribution in [0.5, 0.6) is 0 Å². The van der Waals surface area contributed by atoms with Crippen LogP contribution >= 0.6 is 12.6 Å². The molecule has 1 amide bonds. The van der Waals surface area contributed by atoms with Crippen molar-refractivity contribution >= 4 is 23.7 Å². The lowest BCUT2D eigenvalue weighted by Gasteiger charge is -2.03. The van der Waals surface area contributed by atoms with Gasteiger partial charge in [0.2, 0.25) is 0 Å². The lowest BCUT2D eigenvalue weighted by atomic mass is 10.0. The van der Waals surface area contributed by atoms with E-state index in [0.717, 1.165) is 12.8 Å². The Morgan fingerprint density at radius 3 is 2.38 bits per heavy atom. The summed E-state index contributed by atoms with van der Waals surface area (Å²) in [6.45, 7) is 4.41. The van der Waals surface area contributed by atoms with E-state index in [4.69, 9.17) is 0 Å². The number of carbonyl (C=O) groups is 2. The van der Waals surface area contributed by atoms with Crippen molar-refractivity contribution in [3.63, 3.8) is 0 Å². The Morgan fingerprint density at radius 1 is 1.31 bits per heavy atom. The molecule has 0 aromatic carbocycles. The third kappa shape index (κ3) is 7.84. The fourth-order valence-electron chi connectivity index (χ4n) is 0.908. The molecule has 0 saturated heterocycles. The van der Waals surface area contributed by atoms with Gasteiger partial charge in [0.1, 0.15) is 5.78 Å². The zero-order valence-corrected chi connectivity index (χ0v) is 9.06. The van der Waals surface area contributed by atoms with E-state index in [-0.39, 0.29) is 16.9 Å². The number of amides is 1. The maximum Gasteiger partial charge on any atom is 0.275 e. The van der Waals surface area contributed by atoms with Crippen molar-refractivity contribution in [3.05, 3.63) is 0 Å². The van der Waals surface area contributed by atoms with Gasteiger partial charge in [0, 0.05) is 18.9 Å². The van der Waals surface area contributed by atoms with Crippen molar-refractivity contribution < 1.29 is 9.59 Å². The van der Waals surface area contributed by atoms with Gasteiger partial charge in [-0.1, -0.05) is 26.5 Å². The monoisotopic (exact) mass is 203 g/mol. The van der Waals surface area contributed by atoms with Crippen LogP contribution in [0.4, 0.5) is 4.79 Å². The molecule has 0 saturated carbocycles. The molecule has 0 fully saturated rings. The van der Waals surface area contributed by atoms with Gasteiger partial charge in [-0.25, -0.2) is 0 Å². The largest absolute Gasteiger partial charge is 0.347 e. The quantitative estimate of drug-likeness (QED) is 0.512. The van der Waals surface area contributed by atoms with Gasteiger partial charge >= 0.3 is 0 Å². The molecule has 0 aliphatic carbocycles. The van der Waals surface area contributed by atoms with Crippen LogP contribution in [0.15, 0.2) is 0 Å². The number of hydrogen-bond acceptors (Lipinski definition) is 2. The fourth-order valence-corrected chi connectivity index (χ4v) is 1.02. The first-order valence-electron chi connectivity index (χ1n) is 4.53. The smallest absolute Gasteiger partial charge is 0.275 e. The van der Waals surface area contributed by atoms with E-state index in [0.29, 0.717) is 13.0 Å². The average molecular weight is 203 g/mol. The van der Waals surface area contributed by atoms with Crippen LogP contribution in [0.2, 0.25) is 0 Å². The van der Waals surface area contributed by atoms with Crippen LogP contribution in [-0.2, 0) is 4.79 Å². The Balaban J connectivity index is 3.26. The predicted octanol–water partition coefficient (Wildman–Crippen LogP) is 2.02. The zero-order valence-electron chi connectivity index (χ0n) is 8.17. The summed E-state index contributed by atoms with van der Waals surface area (Å²) in [5.74, 6) is 0.414. The molecule has 0 aliphatic rings. The first kappa shape index (κ1) is 12.5. The molecule has 1 N–H and O–H groups in total. The minimum atomic E-state index is -0.310. The molecule has 3 nitrogen and oxygen atoms in total. The normalized spacial score (nSPS) is 10.2. The molecule has 0 rings (SSSR count). The molecule has 0 aromatic rings. The lowest BCUT2D eigenvalue weighted by Crippen LogP contribution is -2.18. The van der Waals surface area contributed by atoms with Crippen molar-refractivity contribution in [2.45, 2.75) is 33.1 Å². The third-order valence-electron chi connectivity index (χ3n) is 1.77. The first-order valence-corrected chi connectivity index (χ1v) is 4.98. The highest BCUT2D eigenvalue weighted by Gasteiger charge is 2.05. The molecular formula is C9H17NO2S. The summed E-state index contributed by atoms with van der Waals surface area (Å²) in [6.07, 6.45) is 2.29. The maximum atomic E-state index is 11.1. The van der Waals surface area contributed by atoms with Crippen LogP contribution in [0.1, 0.15) is 33.1 Å². The summed E-state index contributed by atoms with van der Waals surface area (Å²) < 4.78 is 0. The minimum Gasteiger partial charge on any atom is -0.347 e. The average Bonchev–Trinajstić information content (AvgIpc) is 2.02. The van der Waals surface area contributed by atoms with Crippen LogP contribution in [0.3, 0.4) is 0 Å². The van der Waals surface area contributed by atoms with Gasteiger partial charge in [0.15, 0.2) is 0 Å². The molecule has 0 spiro atoms. The number of unbranched alkanes of at least 4 members (excludes halogenated alkanes) is 1. The van der Waals surface area contributed by atoms with Crippen molar-refractivity contribution in [1.82, 2.24) is 5.32 Å². The summed E-state index contributed by atoms with van der Waals surface area (Å²) in [5, 5.41) is 2.25. The second-order valence-electron chi connectivity index (χ2n) is 3.31. The Morgan fingerprint density at radius 2 is 1.92 bits per heavy atom. The van der Waals surface area contributed by atoms with Gasteiger partial charge in [0.05, 0.1) is 0 Å². The van der Waals surface area contributed by atoms with Gasteiger partial charge in [0.25, 0.3) is 5.24 Å². The van der Waals surface area contributed by atoms with Crippen LogP contribution in [0.25, 0.3) is 0 Å². The van der Waals surface area contributed by atoms with Crippen molar-refractivity contribution in [1.29, 1.82) is 0 Å². The van der Waals surface area contributed by atoms with Crippen molar-refractivity contribution in [2.75, 3.05) is 6.54 Å². The highest BCUT2D eigenvalue weighted by molar-refractivity contribution is 7.96. The van der Waals surface area contributed by atoms with Crippen molar-refractivity contribution in [2.24, 2.45) is 5.92 Å². The molecule has 0 atom stereocenters. The van der Waals surface area contributed by atoms with Crippen molar-refractivity contribution in [3.8, 4) is 0 Å². The zero-order chi connectivity index (χ0) is 10.3. The number of hydrogen-bond donors (Lipinski definition) is 2. The summed E-state index contributed by atoms with van der Waals surface area (Å²) in [7, 11) is 0. The van der Waals surface area contributed by atoms with Crippen LogP contribution in [-0.4, -0.2) is 17.6 Å². The second kappa shape index (κ2) is 6.95. The Hall–Kier alpha value is -0.510. The summed E-state index contributed by atoms with van der Waals surface area (Å²) >= 11 is 3.56. The number of nitrogens with one attached hydrogen (secondary N) is 1. The molecule has 0 unspecified atom stereocenters. The van der Waals surface area contributed by atoms with Crippen LogP contribution in [0, 0.1) is 5.92 Å². The van der Waals surface area contributed by atoms with E-state index in [1.165, 1.54) is 0 Å². The van der Waals surface area contributed by atoms with E-state index in [1.807, 2.05) is 13.8 Å². The molecule has 0 heterocycles. The van der Waals surface area contributed by atoms with Gasteiger partial charge in [-0.15, -0.1) is 0 Å². The molecular weight excluding hydrogens is 186 g/mol. The Bertz CT molecular complexity index is 180. The predicted molar refractivity (Wildman–Crippen MR) is 56.1 cm³/mol. The summed E-state index contributed by atoms with van der Waals surface area (Å²) in [5.41, 5.74) is 0. The van der Waals surface area contributed by atoms with E-state index in [1.54, 1.807) is 0 Å². The molecule has 0 bridgehead atoms. The van der Waals surface area contributed by atoms with E-state index in [2.05, 4.69) is 17.9 Å².